The zero-order chi connectivity index (χ0) is 18.2. The van der Waals surface area contributed by atoms with E-state index in [1.807, 2.05) is 0 Å². The normalized spacial score (nSPS) is 25.0. The molecular formula is C11H12F3NO7S. The Labute approximate surface area is 128 Å². The molecule has 8 nitrogen and oxygen atoms in total. The minimum atomic E-state index is -6.08. The molecule has 0 fully saturated rings. The zero-order valence-corrected chi connectivity index (χ0v) is 12.4. The molecule has 0 aliphatic carbocycles. The van der Waals surface area contributed by atoms with Gasteiger partial charge in [-0.3, -0.25) is 4.90 Å². The van der Waals surface area contributed by atoms with Crippen molar-refractivity contribution in [3.63, 3.8) is 0 Å². The second-order valence-corrected chi connectivity index (χ2v) is 6.36. The molecule has 0 spiro atoms. The number of nitrogens with zero attached hydrogens (tertiary/aromatic N) is 1. The summed E-state index contributed by atoms with van der Waals surface area (Å²) in [7, 11) is -6.08. The van der Waals surface area contributed by atoms with Gasteiger partial charge in [0.05, 0.1) is 11.6 Å². The van der Waals surface area contributed by atoms with E-state index in [2.05, 4.69) is 10.8 Å². The molecule has 1 heterocycles. The van der Waals surface area contributed by atoms with Crippen LogP contribution in [0.2, 0.25) is 0 Å². The third kappa shape index (κ3) is 3.25. The predicted octanol–water partition coefficient (Wildman–Crippen LogP) is 1.72. The maximum absolute atomic E-state index is 12.4. The number of hydrogen-bond acceptors (Lipinski definition) is 5. The Morgan fingerprint density at radius 2 is 2.00 bits per heavy atom. The number of carboxylic acid groups (broad SMARTS) is 2. The van der Waals surface area contributed by atoms with Crippen molar-refractivity contribution in [2.75, 3.05) is 0 Å². The number of halogens is 3. The molecule has 23 heavy (non-hydrogen) atoms. The van der Waals surface area contributed by atoms with Crippen LogP contribution < -0.4 is 0 Å². The minimum absolute atomic E-state index is 0.174. The number of carbonyl (C=O) groups is 2. The number of hydrogen-bond donors (Lipinski definition) is 2. The van der Waals surface area contributed by atoms with E-state index < -0.39 is 44.9 Å². The van der Waals surface area contributed by atoms with Crippen LogP contribution in [0.5, 0.6) is 0 Å². The smallest absolute Gasteiger partial charge is 0.480 e. The average Bonchev–Trinajstić information content (AvgIpc) is 2.61. The van der Waals surface area contributed by atoms with E-state index in [1.54, 1.807) is 0 Å². The fraction of sp³-hybridized carbons (Fsp3) is 0.455. The Bertz CT molecular complexity index is 670. The van der Waals surface area contributed by atoms with Crippen molar-refractivity contribution in [2.45, 2.75) is 24.9 Å². The van der Waals surface area contributed by atoms with Gasteiger partial charge in [-0.25, -0.2) is 9.59 Å². The van der Waals surface area contributed by atoms with Crippen molar-refractivity contribution in [3.8, 4) is 0 Å². The molecule has 0 saturated carbocycles. The molecule has 0 radical (unpaired) electrons. The van der Waals surface area contributed by atoms with Crippen molar-refractivity contribution in [2.24, 2.45) is 5.41 Å². The zero-order valence-electron chi connectivity index (χ0n) is 11.6. The van der Waals surface area contributed by atoms with Crippen LogP contribution in [0, 0.1) is 5.41 Å². The maximum Gasteiger partial charge on any atom is 0.534 e. The summed E-state index contributed by atoms with van der Waals surface area (Å²) >= 11 is 0. The minimum Gasteiger partial charge on any atom is -0.480 e. The molecule has 130 valence electrons. The Hall–Kier alpha value is -2.24. The van der Waals surface area contributed by atoms with E-state index in [4.69, 9.17) is 5.11 Å². The van der Waals surface area contributed by atoms with Gasteiger partial charge in [0.25, 0.3) is 0 Å². The summed E-state index contributed by atoms with van der Waals surface area (Å²) in [5.41, 5.74) is -7.64. The monoisotopic (exact) mass is 359 g/mol. The molecule has 0 aromatic heterocycles. The number of rotatable bonds is 5. The summed E-state index contributed by atoms with van der Waals surface area (Å²) in [4.78, 5) is 22.6. The summed E-state index contributed by atoms with van der Waals surface area (Å²) in [5, 5.41) is 18.1. The summed E-state index contributed by atoms with van der Waals surface area (Å²) < 4.78 is 63.5. The van der Waals surface area contributed by atoms with Gasteiger partial charge in [0.2, 0.25) is 0 Å². The molecule has 0 aromatic carbocycles. The third-order valence-corrected chi connectivity index (χ3v) is 4.17. The molecule has 1 aliphatic rings. The van der Waals surface area contributed by atoms with Gasteiger partial charge >= 0.3 is 27.7 Å². The number of allylic oxidation sites excluding steroid dienone is 1. The summed E-state index contributed by atoms with van der Waals surface area (Å²) in [5.74, 6) is -2.64. The van der Waals surface area contributed by atoms with E-state index >= 15 is 0 Å². The lowest BCUT2D eigenvalue weighted by Gasteiger charge is -2.31. The first-order valence-corrected chi connectivity index (χ1v) is 7.26. The van der Waals surface area contributed by atoms with Crippen LogP contribution >= 0.6 is 0 Å². The maximum atomic E-state index is 12.4. The number of amides is 1. The summed E-state index contributed by atoms with van der Waals surface area (Å²) in [6, 6.07) is -1.88. The fourth-order valence-corrected chi connectivity index (χ4v) is 2.71. The van der Waals surface area contributed by atoms with Crippen molar-refractivity contribution >= 4 is 22.2 Å². The van der Waals surface area contributed by atoms with Gasteiger partial charge in [-0.1, -0.05) is 6.08 Å². The predicted molar refractivity (Wildman–Crippen MR) is 68.4 cm³/mol. The first kappa shape index (κ1) is 18.8. The number of alkyl halides is 3. The highest BCUT2D eigenvalue weighted by atomic mass is 32.2. The molecule has 2 atom stereocenters. The Morgan fingerprint density at radius 3 is 2.35 bits per heavy atom. The van der Waals surface area contributed by atoms with Crippen molar-refractivity contribution in [3.05, 3.63) is 24.6 Å². The average molecular weight is 359 g/mol. The van der Waals surface area contributed by atoms with Gasteiger partial charge in [-0.2, -0.15) is 21.6 Å². The Balaban J connectivity index is 3.43. The lowest BCUT2D eigenvalue weighted by molar-refractivity contribution is -0.144. The van der Waals surface area contributed by atoms with Gasteiger partial charge in [-0.15, -0.1) is 6.58 Å². The Morgan fingerprint density at radius 1 is 1.48 bits per heavy atom. The molecule has 1 aliphatic heterocycles. The molecule has 0 aromatic rings. The molecular weight excluding hydrogens is 347 g/mol. The summed E-state index contributed by atoms with van der Waals surface area (Å²) in [6.45, 7) is 4.36. The second kappa shape index (κ2) is 5.76. The van der Waals surface area contributed by atoms with E-state index in [0.29, 0.717) is 6.20 Å². The lowest BCUT2D eigenvalue weighted by Crippen LogP contribution is -2.47. The number of carboxylic acids is 1. The van der Waals surface area contributed by atoms with Crippen molar-refractivity contribution in [1.82, 2.24) is 4.90 Å². The van der Waals surface area contributed by atoms with Gasteiger partial charge < -0.3 is 14.4 Å². The second-order valence-electron chi connectivity index (χ2n) is 4.82. The van der Waals surface area contributed by atoms with Gasteiger partial charge in [0.1, 0.15) is 11.8 Å². The topological polar surface area (TPSA) is 121 Å². The lowest BCUT2D eigenvalue weighted by atomic mass is 9.79. The SMILES string of the molecule is C=CC[C@]1(C)C(OS(=O)(=O)C(F)(F)F)=CN(C(=O)O)[C@@H]1C(=O)O. The van der Waals surface area contributed by atoms with E-state index in [1.165, 1.54) is 0 Å². The fourth-order valence-electron chi connectivity index (χ4n) is 2.14. The number of aliphatic carboxylic acids is 1. The van der Waals surface area contributed by atoms with Gasteiger partial charge in [0.15, 0.2) is 0 Å². The standard InChI is InChI=1S/C11H12F3NO7S/c1-3-4-10(2)6(22-23(20,21)11(12,13)14)5-15(9(18)19)7(10)8(16)17/h3,5,7H,1,4H2,2H3,(H,16,17)(H,18,19)/t7-,10-/m1/s1. The van der Waals surface area contributed by atoms with E-state index in [0.717, 1.165) is 13.0 Å². The molecule has 1 rings (SSSR count). The molecule has 0 unspecified atom stereocenters. The van der Waals surface area contributed by atoms with Crippen LogP contribution in [-0.2, 0) is 19.1 Å². The van der Waals surface area contributed by atoms with E-state index in [9.17, 15) is 36.3 Å². The van der Waals surface area contributed by atoms with Crippen LogP contribution in [0.4, 0.5) is 18.0 Å². The van der Waals surface area contributed by atoms with E-state index in [-0.39, 0.29) is 11.3 Å². The molecule has 12 heteroatoms. The quantitative estimate of drug-likeness (QED) is 0.435. The highest BCUT2D eigenvalue weighted by Gasteiger charge is 2.57. The highest BCUT2D eigenvalue weighted by molar-refractivity contribution is 7.87. The Kier molecular flexibility index (Phi) is 4.71. The van der Waals surface area contributed by atoms with Gasteiger partial charge in [0, 0.05) is 0 Å². The van der Waals surface area contributed by atoms with Crippen molar-refractivity contribution in [1.29, 1.82) is 0 Å². The highest BCUT2D eigenvalue weighted by Crippen LogP contribution is 2.46. The van der Waals surface area contributed by atoms with Crippen LogP contribution in [0.3, 0.4) is 0 Å². The third-order valence-electron chi connectivity index (χ3n) is 3.21. The largest absolute Gasteiger partial charge is 0.534 e. The van der Waals surface area contributed by atoms with Crippen LogP contribution in [-0.4, -0.2) is 47.1 Å². The van der Waals surface area contributed by atoms with Crippen LogP contribution in [0.1, 0.15) is 13.3 Å². The van der Waals surface area contributed by atoms with Crippen molar-refractivity contribution < 1.29 is 45.6 Å². The van der Waals surface area contributed by atoms with Crippen LogP contribution in [0.15, 0.2) is 24.6 Å². The first-order valence-electron chi connectivity index (χ1n) is 5.86. The molecule has 2 N–H and O–H groups in total. The summed E-state index contributed by atoms with van der Waals surface area (Å²) in [6.07, 6.45) is -0.616. The molecule has 0 saturated heterocycles. The van der Waals surface area contributed by atoms with Crippen LogP contribution in [0.25, 0.3) is 0 Å². The first-order chi connectivity index (χ1) is 10.3. The molecule has 1 amide bonds. The van der Waals surface area contributed by atoms with Gasteiger partial charge in [-0.05, 0) is 13.3 Å². The molecule has 0 bridgehead atoms.